The maximum Gasteiger partial charge on any atom is 0.410 e. The third-order valence-corrected chi connectivity index (χ3v) is 8.44. The van der Waals surface area contributed by atoms with Gasteiger partial charge in [-0.3, -0.25) is 0 Å². The van der Waals surface area contributed by atoms with Gasteiger partial charge in [0, 0.05) is 41.6 Å². The molecule has 234 valence electrons. The Bertz CT molecular complexity index is 1610. The van der Waals surface area contributed by atoms with Gasteiger partial charge in [-0.2, -0.15) is 10.4 Å². The minimum atomic E-state index is -1.42. The van der Waals surface area contributed by atoms with Crippen LogP contribution >= 0.6 is 23.7 Å². The van der Waals surface area contributed by atoms with Crippen LogP contribution in [0, 0.1) is 23.0 Å². The van der Waals surface area contributed by atoms with Crippen molar-refractivity contribution in [2.24, 2.45) is 5.73 Å². The molecule has 10 nitrogen and oxygen atoms in total. The van der Waals surface area contributed by atoms with Crippen LogP contribution in [-0.4, -0.2) is 50.3 Å². The number of amides is 1. The highest BCUT2D eigenvalue weighted by Gasteiger charge is 2.38. The van der Waals surface area contributed by atoms with Crippen LogP contribution in [0.15, 0.2) is 54.2 Å². The molecule has 2 unspecified atom stereocenters. The first-order chi connectivity index (χ1) is 20.1. The van der Waals surface area contributed by atoms with Crippen molar-refractivity contribution in [3.8, 4) is 17.3 Å². The number of aromatic amines is 1. The van der Waals surface area contributed by atoms with Crippen LogP contribution in [0.2, 0.25) is 0 Å². The summed E-state index contributed by atoms with van der Waals surface area (Å²) in [7, 11) is 0. The molecule has 0 bridgehead atoms. The lowest BCUT2D eigenvalue weighted by Crippen LogP contribution is -3.00. The van der Waals surface area contributed by atoms with Gasteiger partial charge >= 0.3 is 12.4 Å². The number of aromatic nitrogens is 4. The van der Waals surface area contributed by atoms with Crippen molar-refractivity contribution in [3.63, 3.8) is 0 Å². The van der Waals surface area contributed by atoms with Crippen molar-refractivity contribution in [1.29, 1.82) is 5.26 Å². The molecule has 2 aromatic heterocycles. The number of nitrogens with one attached hydrogen (secondary N) is 1. The third kappa shape index (κ3) is 7.51. The fraction of sp³-hybridized carbons (Fsp3) is 0.345. The van der Waals surface area contributed by atoms with Gasteiger partial charge in [0.05, 0.1) is 28.3 Å². The number of carbonyl (C=O) groups is 1. The molecule has 0 spiro atoms. The number of likely N-dealkylation sites (tertiary alicyclic amines) is 1. The van der Waals surface area contributed by atoms with Gasteiger partial charge in [0.1, 0.15) is 11.6 Å². The van der Waals surface area contributed by atoms with E-state index in [9.17, 15) is 14.3 Å². The first-order valence-electron chi connectivity index (χ1n) is 13.4. The van der Waals surface area contributed by atoms with Crippen molar-refractivity contribution >= 4 is 29.8 Å². The van der Waals surface area contributed by atoms with Gasteiger partial charge in [0.25, 0.3) is 5.82 Å². The van der Waals surface area contributed by atoms with E-state index in [1.54, 1.807) is 38.1 Å². The van der Waals surface area contributed by atoms with Gasteiger partial charge in [-0.05, 0) is 48.7 Å². The van der Waals surface area contributed by atoms with E-state index in [1.165, 1.54) is 27.2 Å². The Morgan fingerprint density at radius 3 is 2.66 bits per heavy atom. The van der Waals surface area contributed by atoms with E-state index in [4.69, 9.17) is 20.7 Å². The van der Waals surface area contributed by atoms with E-state index in [0.717, 1.165) is 23.8 Å². The van der Waals surface area contributed by atoms with Gasteiger partial charge in [-0.1, -0.05) is 19.1 Å². The van der Waals surface area contributed by atoms with E-state index >= 15 is 4.39 Å². The summed E-state index contributed by atoms with van der Waals surface area (Å²) in [5.74, 6) is -2.62. The van der Waals surface area contributed by atoms with Crippen molar-refractivity contribution in [2.45, 2.75) is 50.5 Å². The Kier molecular flexibility index (Phi) is 11.8. The first-order valence-corrected chi connectivity index (χ1v) is 14.3. The Balaban J connectivity index is 0.00000264. The summed E-state index contributed by atoms with van der Waals surface area (Å²) in [6.45, 7) is 4.33. The number of hydrogen-bond acceptors (Lipinski definition) is 8. The molecule has 2 aromatic carbocycles. The minimum absolute atomic E-state index is 0. The van der Waals surface area contributed by atoms with Crippen molar-refractivity contribution < 1.29 is 40.5 Å². The molecule has 4 N–H and O–H groups in total. The number of aliphatic hydroxyl groups excluding tert-OH is 1. The average Bonchev–Trinajstić information content (AvgIpc) is 3.76. The molecule has 1 amide bonds. The lowest BCUT2D eigenvalue weighted by Gasteiger charge is -2.25. The topological polar surface area (TPSA) is 145 Å². The molecule has 5 rings (SSSR count). The van der Waals surface area contributed by atoms with E-state index in [1.807, 2.05) is 5.38 Å². The zero-order valence-electron chi connectivity index (χ0n) is 23.7. The normalized spacial score (nSPS) is 17.0. The van der Waals surface area contributed by atoms with Crippen LogP contribution < -0.4 is 22.8 Å². The molecule has 1 aliphatic rings. The Hall–Kier alpha value is -3.67. The van der Waals surface area contributed by atoms with Gasteiger partial charge in [-0.15, -0.1) is 28.4 Å². The summed E-state index contributed by atoms with van der Waals surface area (Å²) < 4.78 is 36.3. The predicted molar refractivity (Wildman–Crippen MR) is 156 cm³/mol. The number of halogens is 4. The summed E-state index contributed by atoms with van der Waals surface area (Å²) in [6, 6.07) is 12.1. The molecule has 4 aromatic rings. The van der Waals surface area contributed by atoms with Crippen LogP contribution in [0.1, 0.15) is 66.4 Å². The van der Waals surface area contributed by atoms with Crippen LogP contribution in [0.25, 0.3) is 11.3 Å². The monoisotopic (exact) mass is 665 g/mol. The smallest absolute Gasteiger partial charge is 0.410 e. The van der Waals surface area contributed by atoms with E-state index in [-0.39, 0.29) is 42.2 Å². The van der Waals surface area contributed by atoms with Crippen LogP contribution in [0.5, 0.6) is 0 Å². The number of nitrogens with two attached hydrogens (primary N) is 1. The molecule has 0 aliphatic carbocycles. The summed E-state index contributed by atoms with van der Waals surface area (Å²) in [4.78, 5) is 23.0. The highest BCUT2D eigenvalue weighted by Crippen LogP contribution is 2.41. The quantitative estimate of drug-likeness (QED) is 0.243. The van der Waals surface area contributed by atoms with Gasteiger partial charge in [-0.25, -0.2) is 18.6 Å². The average molecular weight is 667 g/mol. The number of nitriles is 1. The molecular formula is C29H31Cl2F2N7O3S. The second-order valence-electron chi connectivity index (χ2n) is 10.3. The number of thiazole rings is 1. The van der Waals surface area contributed by atoms with Crippen molar-refractivity contribution in [3.05, 3.63) is 87.8 Å². The van der Waals surface area contributed by atoms with Crippen molar-refractivity contribution in [1.82, 2.24) is 20.0 Å². The summed E-state index contributed by atoms with van der Waals surface area (Å²) in [5.41, 5.74) is 7.83. The number of carbonyl (C=O) groups excluding carboxylic acids is 1. The maximum absolute atomic E-state index is 15.1. The zero-order valence-corrected chi connectivity index (χ0v) is 26.1. The van der Waals surface area contributed by atoms with E-state index in [0.29, 0.717) is 35.8 Å². The second-order valence-corrected chi connectivity index (χ2v) is 11.2. The standard InChI is InChI=1S/C29H29F2N7O3S.2ClH/c1-16(27-35-24(14-42-27)19-5-3-18(12-32)4-6-19)25(22-11-20(30)7-8-23(22)31)28(39)38-15-34-26(36-38)17(2)41-29(40)37-10-9-21(33)13-37;;/h3-8,11,14-17,21,25,28,39H,9-10,13,33H2,1-2H3;2*1H/t16-,17?,21+,25-,28?;;/m1../s1. The number of hydrogen-bond donors (Lipinski definition) is 3. The number of nitrogens with zero attached hydrogens (tertiary/aromatic N) is 5. The molecule has 3 heterocycles. The predicted octanol–water partition coefficient (Wildman–Crippen LogP) is 1.71. The lowest BCUT2D eigenvalue weighted by atomic mass is 9.85. The van der Waals surface area contributed by atoms with E-state index in [2.05, 4.69) is 16.2 Å². The lowest BCUT2D eigenvalue weighted by molar-refractivity contribution is -0.811. The Labute approximate surface area is 269 Å². The van der Waals surface area contributed by atoms with Crippen LogP contribution in [0.4, 0.5) is 13.6 Å². The maximum atomic E-state index is 15.1. The molecule has 44 heavy (non-hydrogen) atoms. The molecule has 1 aliphatic heterocycles. The van der Waals surface area contributed by atoms with Gasteiger partial charge in [0.15, 0.2) is 6.10 Å². The number of H-pyrrole nitrogens is 1. The van der Waals surface area contributed by atoms with Crippen molar-refractivity contribution in [2.75, 3.05) is 13.1 Å². The SMILES string of the molecule is CC(OC(=O)N1CC[C@H](N)C1)c1nc[n+](C(O)[C@@H](c2cc(F)ccc2F)[C@@H](C)c2nc(-c3ccc(C#N)cc3)cs2)[nH]1.Cl.[Cl-]. The molecule has 15 heteroatoms. The summed E-state index contributed by atoms with van der Waals surface area (Å²) in [6.07, 6.45) is -0.704. The highest BCUT2D eigenvalue weighted by atomic mass is 35.5. The molecule has 0 saturated carbocycles. The summed E-state index contributed by atoms with van der Waals surface area (Å²) >= 11 is 1.33. The number of benzene rings is 2. The first kappa shape index (κ1) is 34.8. The largest absolute Gasteiger partial charge is 1.00 e. The molecule has 1 saturated heterocycles. The van der Waals surface area contributed by atoms with Crippen LogP contribution in [-0.2, 0) is 4.74 Å². The molecule has 1 fully saturated rings. The number of rotatable bonds is 8. The third-order valence-electron chi connectivity index (χ3n) is 7.39. The number of aliphatic hydroxyl groups is 1. The Morgan fingerprint density at radius 1 is 1.27 bits per heavy atom. The number of ether oxygens (including phenoxy) is 1. The zero-order chi connectivity index (χ0) is 30.0. The second kappa shape index (κ2) is 14.9. The minimum Gasteiger partial charge on any atom is -1.00 e. The van der Waals surface area contributed by atoms with E-state index < -0.39 is 41.9 Å². The van der Waals surface area contributed by atoms with Crippen LogP contribution in [0.3, 0.4) is 0 Å². The van der Waals surface area contributed by atoms with Gasteiger partial charge in [0.2, 0.25) is 6.23 Å². The fourth-order valence-corrected chi connectivity index (χ4v) is 5.94. The molecule has 5 atom stereocenters. The molecule has 0 radical (unpaired) electrons. The Morgan fingerprint density at radius 2 is 2.00 bits per heavy atom. The summed E-state index contributed by atoms with van der Waals surface area (Å²) in [5, 5.41) is 26.0. The highest BCUT2D eigenvalue weighted by molar-refractivity contribution is 7.10. The molecular weight excluding hydrogens is 635 g/mol. The fourth-order valence-electron chi connectivity index (χ4n) is 5.01. The van der Waals surface area contributed by atoms with Gasteiger partial charge < -0.3 is 32.9 Å².